The van der Waals surface area contributed by atoms with Gasteiger partial charge in [0.1, 0.15) is 5.82 Å². The van der Waals surface area contributed by atoms with Gasteiger partial charge in [-0.3, -0.25) is 0 Å². The molecule has 23 heavy (non-hydrogen) atoms. The van der Waals surface area contributed by atoms with Crippen LogP contribution in [0.25, 0.3) is 11.0 Å². The average Bonchev–Trinajstić information content (AvgIpc) is 2.78. The van der Waals surface area contributed by atoms with Gasteiger partial charge in [-0.05, 0) is 23.6 Å². The topological polar surface area (TPSA) is 43.8 Å². The third-order valence-corrected chi connectivity index (χ3v) is 3.78. The lowest BCUT2D eigenvalue weighted by Crippen LogP contribution is -2.08. The van der Waals surface area contributed by atoms with Gasteiger partial charge in [0.2, 0.25) is 0 Å². The zero-order chi connectivity index (χ0) is 16.6. The molecule has 3 aromatic rings. The summed E-state index contributed by atoms with van der Waals surface area (Å²) in [5.41, 5.74) is 8.53. The van der Waals surface area contributed by atoms with E-state index in [1.54, 1.807) is 0 Å². The molecular formula is C18H19F2N3. The van der Waals surface area contributed by atoms with Gasteiger partial charge in [0.15, 0.2) is 11.6 Å². The Morgan fingerprint density at radius 1 is 1.09 bits per heavy atom. The fraction of sp³-hybridized carbons (Fsp3) is 0.278. The SMILES string of the molecule is CC(C)Cc1nc2cc(F)c(F)cc2n1Cc1ccc(N)cc1. The maximum atomic E-state index is 13.7. The van der Waals surface area contributed by atoms with E-state index in [2.05, 4.69) is 18.8 Å². The molecule has 2 aromatic carbocycles. The van der Waals surface area contributed by atoms with E-state index in [0.717, 1.165) is 23.9 Å². The van der Waals surface area contributed by atoms with Crippen LogP contribution in [0.5, 0.6) is 0 Å². The molecule has 0 aliphatic heterocycles. The van der Waals surface area contributed by atoms with Gasteiger partial charge in [-0.2, -0.15) is 0 Å². The minimum atomic E-state index is -0.870. The summed E-state index contributed by atoms with van der Waals surface area (Å²) in [6, 6.07) is 9.90. The number of aromatic nitrogens is 2. The van der Waals surface area contributed by atoms with Gasteiger partial charge in [-0.25, -0.2) is 13.8 Å². The van der Waals surface area contributed by atoms with Crippen molar-refractivity contribution in [3.63, 3.8) is 0 Å². The molecule has 0 spiro atoms. The Hall–Kier alpha value is -2.43. The number of fused-ring (bicyclic) bond motifs is 1. The molecule has 0 aliphatic carbocycles. The highest BCUT2D eigenvalue weighted by Crippen LogP contribution is 2.23. The van der Waals surface area contributed by atoms with Crippen LogP contribution < -0.4 is 5.73 Å². The first kappa shape index (κ1) is 15.5. The number of halogens is 2. The lowest BCUT2D eigenvalue weighted by Gasteiger charge is -2.11. The fourth-order valence-corrected chi connectivity index (χ4v) is 2.67. The van der Waals surface area contributed by atoms with E-state index in [-0.39, 0.29) is 0 Å². The average molecular weight is 315 g/mol. The Kier molecular flexibility index (Phi) is 4.03. The van der Waals surface area contributed by atoms with Crippen molar-refractivity contribution in [2.75, 3.05) is 5.73 Å². The zero-order valence-electron chi connectivity index (χ0n) is 13.2. The van der Waals surface area contributed by atoms with Gasteiger partial charge in [0.25, 0.3) is 0 Å². The van der Waals surface area contributed by atoms with E-state index < -0.39 is 11.6 Å². The van der Waals surface area contributed by atoms with Gasteiger partial charge in [0.05, 0.1) is 11.0 Å². The minimum Gasteiger partial charge on any atom is -0.399 e. The predicted molar refractivity (Wildman–Crippen MR) is 88.1 cm³/mol. The van der Waals surface area contributed by atoms with Gasteiger partial charge in [-0.1, -0.05) is 26.0 Å². The highest BCUT2D eigenvalue weighted by molar-refractivity contribution is 5.76. The second kappa shape index (κ2) is 5.99. The van der Waals surface area contributed by atoms with Crippen molar-refractivity contribution in [3.05, 3.63) is 59.4 Å². The van der Waals surface area contributed by atoms with E-state index in [1.807, 2.05) is 28.8 Å². The van der Waals surface area contributed by atoms with Gasteiger partial charge >= 0.3 is 0 Å². The maximum absolute atomic E-state index is 13.7. The smallest absolute Gasteiger partial charge is 0.161 e. The first-order chi connectivity index (χ1) is 10.9. The van der Waals surface area contributed by atoms with Gasteiger partial charge in [0, 0.05) is 30.8 Å². The Bertz CT molecular complexity index is 836. The standard InChI is InChI=1S/C18H19F2N3/c1-11(2)7-18-22-16-8-14(19)15(20)9-17(16)23(18)10-12-3-5-13(21)6-4-12/h3-6,8-9,11H,7,10,21H2,1-2H3. The molecule has 0 bridgehead atoms. The number of nitrogen functional groups attached to an aromatic ring is 1. The van der Waals surface area contributed by atoms with Crippen LogP contribution in [-0.4, -0.2) is 9.55 Å². The first-order valence-corrected chi connectivity index (χ1v) is 7.62. The van der Waals surface area contributed by atoms with Crippen molar-refractivity contribution >= 4 is 16.7 Å². The number of benzene rings is 2. The van der Waals surface area contributed by atoms with Crippen molar-refractivity contribution < 1.29 is 8.78 Å². The van der Waals surface area contributed by atoms with Crippen LogP contribution in [0.2, 0.25) is 0 Å². The molecule has 2 N–H and O–H groups in total. The molecule has 1 heterocycles. The number of rotatable bonds is 4. The van der Waals surface area contributed by atoms with Crippen LogP contribution in [0.1, 0.15) is 25.2 Å². The van der Waals surface area contributed by atoms with Gasteiger partial charge < -0.3 is 10.3 Å². The number of hydrogen-bond donors (Lipinski definition) is 1. The predicted octanol–water partition coefficient (Wildman–Crippen LogP) is 4.14. The molecule has 0 unspecified atom stereocenters. The summed E-state index contributed by atoms with van der Waals surface area (Å²) in [5.74, 6) is -0.499. The van der Waals surface area contributed by atoms with E-state index in [4.69, 9.17) is 5.73 Å². The normalized spacial score (nSPS) is 11.5. The molecule has 1 aromatic heterocycles. The Morgan fingerprint density at radius 3 is 2.39 bits per heavy atom. The quantitative estimate of drug-likeness (QED) is 0.735. The Balaban J connectivity index is 2.10. The highest BCUT2D eigenvalue weighted by Gasteiger charge is 2.15. The molecule has 0 saturated carbocycles. The lowest BCUT2D eigenvalue weighted by molar-refractivity contribution is 0.510. The molecule has 0 atom stereocenters. The highest BCUT2D eigenvalue weighted by atomic mass is 19.2. The van der Waals surface area contributed by atoms with E-state index >= 15 is 0 Å². The van der Waals surface area contributed by atoms with Crippen molar-refractivity contribution in [3.8, 4) is 0 Å². The molecule has 3 rings (SSSR count). The van der Waals surface area contributed by atoms with Crippen molar-refractivity contribution in [1.29, 1.82) is 0 Å². The van der Waals surface area contributed by atoms with Crippen LogP contribution in [0.4, 0.5) is 14.5 Å². The summed E-state index contributed by atoms with van der Waals surface area (Å²) in [6.07, 6.45) is 0.743. The van der Waals surface area contributed by atoms with E-state index in [9.17, 15) is 8.78 Å². The summed E-state index contributed by atoms with van der Waals surface area (Å²) in [5, 5.41) is 0. The van der Waals surface area contributed by atoms with Crippen LogP contribution >= 0.6 is 0 Å². The molecule has 0 aliphatic rings. The molecule has 5 heteroatoms. The number of nitrogens with two attached hydrogens (primary N) is 1. The molecule has 120 valence electrons. The van der Waals surface area contributed by atoms with Gasteiger partial charge in [-0.15, -0.1) is 0 Å². The summed E-state index contributed by atoms with van der Waals surface area (Å²) >= 11 is 0. The molecule has 0 saturated heterocycles. The molecular weight excluding hydrogens is 296 g/mol. The Labute approximate surface area is 133 Å². The third kappa shape index (κ3) is 3.18. The van der Waals surface area contributed by atoms with Crippen LogP contribution in [-0.2, 0) is 13.0 Å². The number of hydrogen-bond acceptors (Lipinski definition) is 2. The monoisotopic (exact) mass is 315 g/mol. The molecule has 0 fully saturated rings. The van der Waals surface area contributed by atoms with Crippen LogP contribution in [0, 0.1) is 17.6 Å². The summed E-state index contributed by atoms with van der Waals surface area (Å²) in [7, 11) is 0. The Morgan fingerprint density at radius 2 is 1.74 bits per heavy atom. The fourth-order valence-electron chi connectivity index (χ4n) is 2.67. The van der Waals surface area contributed by atoms with Crippen molar-refractivity contribution in [1.82, 2.24) is 9.55 Å². The molecule has 0 radical (unpaired) electrons. The van der Waals surface area contributed by atoms with Crippen molar-refractivity contribution in [2.45, 2.75) is 26.8 Å². The second-order valence-electron chi connectivity index (χ2n) is 6.21. The van der Waals surface area contributed by atoms with E-state index in [0.29, 0.717) is 29.2 Å². The summed E-state index contributed by atoms with van der Waals surface area (Å²) in [6.45, 7) is 4.73. The molecule has 3 nitrogen and oxygen atoms in total. The van der Waals surface area contributed by atoms with E-state index in [1.165, 1.54) is 6.07 Å². The third-order valence-electron chi connectivity index (χ3n) is 3.78. The minimum absolute atomic E-state index is 0.395. The number of nitrogens with zero attached hydrogens (tertiary/aromatic N) is 2. The summed E-state index contributed by atoms with van der Waals surface area (Å²) < 4.78 is 29.1. The second-order valence-corrected chi connectivity index (χ2v) is 6.21. The van der Waals surface area contributed by atoms with Crippen LogP contribution in [0.15, 0.2) is 36.4 Å². The number of anilines is 1. The van der Waals surface area contributed by atoms with Crippen molar-refractivity contribution in [2.24, 2.45) is 5.92 Å². The number of imidazole rings is 1. The largest absolute Gasteiger partial charge is 0.399 e. The molecule has 0 amide bonds. The lowest BCUT2D eigenvalue weighted by atomic mass is 10.1. The first-order valence-electron chi connectivity index (χ1n) is 7.62. The zero-order valence-corrected chi connectivity index (χ0v) is 13.2. The summed E-state index contributed by atoms with van der Waals surface area (Å²) in [4.78, 5) is 4.50. The van der Waals surface area contributed by atoms with Crippen LogP contribution in [0.3, 0.4) is 0 Å². The maximum Gasteiger partial charge on any atom is 0.161 e.